The first-order chi connectivity index (χ1) is 9.11. The van der Waals surface area contributed by atoms with Crippen LogP contribution in [0.3, 0.4) is 0 Å². The summed E-state index contributed by atoms with van der Waals surface area (Å²) in [5.74, 6) is 1.97. The van der Waals surface area contributed by atoms with E-state index in [0.29, 0.717) is 6.04 Å². The molecule has 0 aliphatic rings. The lowest BCUT2D eigenvalue weighted by atomic mass is 10.1. The molecule has 1 aromatic carbocycles. The lowest BCUT2D eigenvalue weighted by Gasteiger charge is -2.10. The highest BCUT2D eigenvalue weighted by Gasteiger charge is 2.10. The summed E-state index contributed by atoms with van der Waals surface area (Å²) in [4.78, 5) is 0. The van der Waals surface area contributed by atoms with Gasteiger partial charge in [0.05, 0.1) is 0 Å². The van der Waals surface area contributed by atoms with Crippen molar-refractivity contribution in [3.63, 3.8) is 0 Å². The van der Waals surface area contributed by atoms with E-state index < -0.39 is 0 Å². The molecule has 102 valence electrons. The highest BCUT2D eigenvalue weighted by atomic mass is 79.9. The predicted molar refractivity (Wildman–Crippen MR) is 83.4 cm³/mol. The molecule has 3 heteroatoms. The quantitative estimate of drug-likeness (QED) is 0.873. The van der Waals surface area contributed by atoms with Crippen LogP contribution in [-0.4, -0.2) is 12.6 Å². The van der Waals surface area contributed by atoms with Gasteiger partial charge in [0.1, 0.15) is 11.5 Å². The molecule has 0 radical (unpaired) electrons. The van der Waals surface area contributed by atoms with E-state index in [1.54, 1.807) is 0 Å². The lowest BCUT2D eigenvalue weighted by molar-refractivity contribution is 0.470. The molecule has 1 heterocycles. The molecule has 1 N–H and O–H groups in total. The Morgan fingerprint density at radius 2 is 2.05 bits per heavy atom. The number of likely N-dealkylation sites (N-methyl/N-ethyl adjacent to an activating group) is 1. The second-order valence-electron chi connectivity index (χ2n) is 4.84. The molecule has 1 atom stereocenters. The van der Waals surface area contributed by atoms with Crippen LogP contribution in [0, 0.1) is 6.92 Å². The predicted octanol–water partition coefficient (Wildman–Crippen LogP) is 4.56. The number of hydrogen-bond donors (Lipinski definition) is 1. The van der Waals surface area contributed by atoms with Gasteiger partial charge >= 0.3 is 0 Å². The summed E-state index contributed by atoms with van der Waals surface area (Å²) in [6.45, 7) is 7.38. The maximum Gasteiger partial charge on any atom is 0.134 e. The molecule has 0 aliphatic carbocycles. The van der Waals surface area contributed by atoms with Crippen LogP contribution in [0.2, 0.25) is 0 Å². The zero-order chi connectivity index (χ0) is 13.8. The first-order valence-electron chi connectivity index (χ1n) is 6.69. The van der Waals surface area contributed by atoms with Gasteiger partial charge in [0.25, 0.3) is 0 Å². The average Bonchev–Trinajstić information content (AvgIpc) is 2.81. The number of furan rings is 1. The molecule has 1 unspecified atom stereocenters. The van der Waals surface area contributed by atoms with Gasteiger partial charge in [-0.25, -0.2) is 0 Å². The minimum atomic E-state index is 0.438. The number of halogens is 1. The number of benzene rings is 1. The van der Waals surface area contributed by atoms with Crippen LogP contribution in [-0.2, 0) is 6.42 Å². The minimum absolute atomic E-state index is 0.438. The summed E-state index contributed by atoms with van der Waals surface area (Å²) in [7, 11) is 0. The Morgan fingerprint density at radius 1 is 1.26 bits per heavy atom. The van der Waals surface area contributed by atoms with Crippen LogP contribution >= 0.6 is 15.9 Å². The molecule has 0 aliphatic heterocycles. The Kier molecular flexibility index (Phi) is 4.83. The van der Waals surface area contributed by atoms with E-state index in [9.17, 15) is 0 Å². The van der Waals surface area contributed by atoms with Gasteiger partial charge in [-0.2, -0.15) is 0 Å². The number of hydrogen-bond acceptors (Lipinski definition) is 2. The van der Waals surface area contributed by atoms with Crippen LogP contribution in [0.25, 0.3) is 11.3 Å². The third kappa shape index (κ3) is 3.48. The van der Waals surface area contributed by atoms with Crippen molar-refractivity contribution in [2.45, 2.75) is 33.2 Å². The van der Waals surface area contributed by atoms with Gasteiger partial charge < -0.3 is 9.73 Å². The minimum Gasteiger partial charge on any atom is -0.461 e. The van der Waals surface area contributed by atoms with Gasteiger partial charge in [0.2, 0.25) is 0 Å². The van der Waals surface area contributed by atoms with Gasteiger partial charge in [-0.3, -0.25) is 0 Å². The Balaban J connectivity index is 2.19. The van der Waals surface area contributed by atoms with E-state index in [1.807, 2.05) is 6.07 Å². The molecule has 0 saturated heterocycles. The molecule has 0 amide bonds. The molecule has 2 rings (SSSR count). The van der Waals surface area contributed by atoms with E-state index in [0.717, 1.165) is 34.5 Å². The van der Waals surface area contributed by atoms with E-state index in [-0.39, 0.29) is 0 Å². The first-order valence-corrected chi connectivity index (χ1v) is 7.48. The molecule has 0 saturated carbocycles. The van der Waals surface area contributed by atoms with Crippen LogP contribution in [0.1, 0.15) is 25.2 Å². The van der Waals surface area contributed by atoms with Gasteiger partial charge in [0, 0.05) is 22.5 Å². The average molecular weight is 322 g/mol. The summed E-state index contributed by atoms with van der Waals surface area (Å²) in [5.41, 5.74) is 2.36. The van der Waals surface area contributed by atoms with Crippen LogP contribution in [0.4, 0.5) is 0 Å². The topological polar surface area (TPSA) is 25.2 Å². The summed E-state index contributed by atoms with van der Waals surface area (Å²) in [6, 6.07) is 10.8. The van der Waals surface area contributed by atoms with Crippen LogP contribution in [0.15, 0.2) is 39.2 Å². The van der Waals surface area contributed by atoms with Crippen molar-refractivity contribution < 1.29 is 4.42 Å². The maximum absolute atomic E-state index is 5.96. The Labute approximate surface area is 123 Å². The van der Waals surface area contributed by atoms with Crippen molar-refractivity contribution >= 4 is 15.9 Å². The second-order valence-corrected chi connectivity index (χ2v) is 5.70. The molecular formula is C16H20BrNO. The normalized spacial score (nSPS) is 12.6. The van der Waals surface area contributed by atoms with Crippen molar-refractivity contribution in [3.05, 3.63) is 46.1 Å². The Bertz CT molecular complexity index is 547. The fraction of sp³-hybridized carbons (Fsp3) is 0.375. The van der Waals surface area contributed by atoms with Gasteiger partial charge in [-0.1, -0.05) is 35.0 Å². The Hall–Kier alpha value is -1.06. The summed E-state index contributed by atoms with van der Waals surface area (Å²) in [5, 5.41) is 3.40. The fourth-order valence-corrected chi connectivity index (χ4v) is 2.60. The molecular weight excluding hydrogens is 302 g/mol. The lowest BCUT2D eigenvalue weighted by Crippen LogP contribution is -2.27. The van der Waals surface area contributed by atoms with Crippen molar-refractivity contribution in [1.29, 1.82) is 0 Å². The van der Waals surface area contributed by atoms with Crippen molar-refractivity contribution in [1.82, 2.24) is 5.32 Å². The SMILES string of the molecule is CCNC(C)Cc1ccc(-c2cccc(Br)c2C)o1. The fourth-order valence-electron chi connectivity index (χ4n) is 2.23. The van der Waals surface area contributed by atoms with Crippen molar-refractivity contribution in [2.75, 3.05) is 6.54 Å². The molecule has 0 bridgehead atoms. The van der Waals surface area contributed by atoms with Crippen LogP contribution < -0.4 is 5.32 Å². The third-order valence-electron chi connectivity index (χ3n) is 3.25. The van der Waals surface area contributed by atoms with Gasteiger partial charge in [-0.15, -0.1) is 0 Å². The zero-order valence-electron chi connectivity index (χ0n) is 11.7. The molecule has 0 spiro atoms. The van der Waals surface area contributed by atoms with E-state index in [2.05, 4.69) is 66.3 Å². The standard InChI is InChI=1S/C16H20BrNO/c1-4-18-11(2)10-13-8-9-16(19-13)14-6-5-7-15(17)12(14)3/h5-9,11,18H,4,10H2,1-3H3. The zero-order valence-corrected chi connectivity index (χ0v) is 13.3. The largest absolute Gasteiger partial charge is 0.461 e. The highest BCUT2D eigenvalue weighted by Crippen LogP contribution is 2.30. The van der Waals surface area contributed by atoms with Crippen LogP contribution in [0.5, 0.6) is 0 Å². The van der Waals surface area contributed by atoms with E-state index >= 15 is 0 Å². The molecule has 2 nitrogen and oxygen atoms in total. The summed E-state index contributed by atoms with van der Waals surface area (Å²) < 4.78 is 7.08. The molecule has 1 aromatic heterocycles. The first kappa shape index (κ1) is 14.4. The van der Waals surface area contributed by atoms with Gasteiger partial charge in [-0.05, 0) is 44.2 Å². The Morgan fingerprint density at radius 3 is 2.79 bits per heavy atom. The third-order valence-corrected chi connectivity index (χ3v) is 4.11. The molecule has 19 heavy (non-hydrogen) atoms. The second kappa shape index (κ2) is 6.40. The van der Waals surface area contributed by atoms with Crippen molar-refractivity contribution in [3.8, 4) is 11.3 Å². The smallest absolute Gasteiger partial charge is 0.134 e. The van der Waals surface area contributed by atoms with E-state index in [1.165, 1.54) is 5.56 Å². The molecule has 2 aromatic rings. The molecule has 0 fully saturated rings. The summed E-state index contributed by atoms with van der Waals surface area (Å²) >= 11 is 3.56. The maximum atomic E-state index is 5.96. The van der Waals surface area contributed by atoms with E-state index in [4.69, 9.17) is 4.42 Å². The highest BCUT2D eigenvalue weighted by molar-refractivity contribution is 9.10. The van der Waals surface area contributed by atoms with Gasteiger partial charge in [0.15, 0.2) is 0 Å². The monoisotopic (exact) mass is 321 g/mol. The van der Waals surface area contributed by atoms with Crippen molar-refractivity contribution in [2.24, 2.45) is 0 Å². The number of nitrogens with one attached hydrogen (secondary N) is 1. The summed E-state index contributed by atoms with van der Waals surface area (Å²) in [6.07, 6.45) is 0.918. The number of rotatable bonds is 5.